The number of nitrogens with zero attached hydrogens (tertiary/aromatic N) is 2. The first-order chi connectivity index (χ1) is 7.81. The van der Waals surface area contributed by atoms with E-state index in [4.69, 9.17) is 4.74 Å². The molecule has 2 heterocycles. The molecular weight excluding hydrogens is 204 g/mol. The van der Waals surface area contributed by atoms with Crippen LogP contribution in [0.1, 0.15) is 12.8 Å². The molecule has 1 fully saturated rings. The molecule has 0 saturated carbocycles. The average Bonchev–Trinajstić information content (AvgIpc) is 2.39. The second-order valence-corrected chi connectivity index (χ2v) is 3.97. The Kier molecular flexibility index (Phi) is 3.39. The number of ether oxygens (including phenoxy) is 1. The van der Waals surface area contributed by atoms with Gasteiger partial charge in [0.2, 0.25) is 0 Å². The van der Waals surface area contributed by atoms with E-state index in [9.17, 15) is 4.79 Å². The molecule has 0 aliphatic carbocycles. The summed E-state index contributed by atoms with van der Waals surface area (Å²) in [5.74, 6) is 0.969. The number of methoxy groups -OCH3 is 1. The van der Waals surface area contributed by atoms with Gasteiger partial charge in [0, 0.05) is 19.3 Å². The smallest absolute Gasteiger partial charge is 0.308 e. The highest BCUT2D eigenvalue weighted by Gasteiger charge is 2.25. The van der Waals surface area contributed by atoms with Gasteiger partial charge in [-0.05, 0) is 25.0 Å². The van der Waals surface area contributed by atoms with Crippen molar-refractivity contribution in [1.82, 2.24) is 4.98 Å². The summed E-state index contributed by atoms with van der Waals surface area (Å²) < 4.78 is 4.76. The molecule has 86 valence electrons. The minimum Gasteiger partial charge on any atom is -0.469 e. The average molecular weight is 220 g/mol. The van der Waals surface area contributed by atoms with Crippen LogP contribution in [0.5, 0.6) is 0 Å². The van der Waals surface area contributed by atoms with Crippen LogP contribution in [-0.2, 0) is 9.53 Å². The third-order valence-corrected chi connectivity index (χ3v) is 3.00. The highest BCUT2D eigenvalue weighted by molar-refractivity contribution is 5.72. The van der Waals surface area contributed by atoms with Crippen molar-refractivity contribution in [3.63, 3.8) is 0 Å². The summed E-state index contributed by atoms with van der Waals surface area (Å²) in [5, 5.41) is 0. The predicted octanol–water partition coefficient (Wildman–Crippen LogP) is 1.47. The van der Waals surface area contributed by atoms with Crippen molar-refractivity contribution in [3.05, 3.63) is 24.4 Å². The maximum absolute atomic E-state index is 11.4. The summed E-state index contributed by atoms with van der Waals surface area (Å²) in [4.78, 5) is 17.9. The highest BCUT2D eigenvalue weighted by Crippen LogP contribution is 2.22. The molecule has 1 aromatic heterocycles. The summed E-state index contributed by atoms with van der Waals surface area (Å²) in [6.07, 6.45) is 3.49. The van der Waals surface area contributed by atoms with Crippen molar-refractivity contribution < 1.29 is 9.53 Å². The zero-order chi connectivity index (χ0) is 11.4. The lowest BCUT2D eigenvalue weighted by Gasteiger charge is -2.31. The number of esters is 1. The third-order valence-electron chi connectivity index (χ3n) is 3.00. The van der Waals surface area contributed by atoms with Crippen LogP contribution >= 0.6 is 0 Å². The van der Waals surface area contributed by atoms with Crippen molar-refractivity contribution in [1.29, 1.82) is 0 Å². The van der Waals surface area contributed by atoms with Gasteiger partial charge in [-0.1, -0.05) is 6.07 Å². The fraction of sp³-hybridized carbons (Fsp3) is 0.500. The number of rotatable bonds is 2. The van der Waals surface area contributed by atoms with E-state index >= 15 is 0 Å². The van der Waals surface area contributed by atoms with Crippen LogP contribution in [0.15, 0.2) is 24.4 Å². The van der Waals surface area contributed by atoms with E-state index in [-0.39, 0.29) is 11.9 Å². The van der Waals surface area contributed by atoms with Crippen LogP contribution in [0.4, 0.5) is 5.82 Å². The van der Waals surface area contributed by atoms with Gasteiger partial charge < -0.3 is 9.64 Å². The van der Waals surface area contributed by atoms with Gasteiger partial charge in [-0.15, -0.1) is 0 Å². The highest BCUT2D eigenvalue weighted by atomic mass is 16.5. The minimum absolute atomic E-state index is 0.0602. The molecule has 4 heteroatoms. The molecule has 0 spiro atoms. The van der Waals surface area contributed by atoms with E-state index in [0.717, 1.165) is 31.7 Å². The summed E-state index contributed by atoms with van der Waals surface area (Å²) >= 11 is 0. The van der Waals surface area contributed by atoms with Gasteiger partial charge in [0.05, 0.1) is 13.0 Å². The fourth-order valence-corrected chi connectivity index (χ4v) is 2.05. The first kappa shape index (κ1) is 10.9. The molecule has 0 amide bonds. The Labute approximate surface area is 95.2 Å². The van der Waals surface area contributed by atoms with Gasteiger partial charge in [-0.25, -0.2) is 4.98 Å². The normalized spacial score (nSPS) is 17.2. The second kappa shape index (κ2) is 4.96. The number of pyridine rings is 1. The van der Waals surface area contributed by atoms with Gasteiger partial charge in [0.1, 0.15) is 5.82 Å². The molecule has 0 unspecified atom stereocenters. The van der Waals surface area contributed by atoms with Crippen LogP contribution in [0.3, 0.4) is 0 Å². The van der Waals surface area contributed by atoms with E-state index in [1.54, 1.807) is 6.20 Å². The Bertz CT molecular complexity index is 345. The summed E-state index contributed by atoms with van der Waals surface area (Å²) in [6, 6.07) is 5.89. The number of hydrogen-bond acceptors (Lipinski definition) is 4. The van der Waals surface area contributed by atoms with Gasteiger partial charge in [0.25, 0.3) is 0 Å². The number of carbonyl (C=O) groups is 1. The minimum atomic E-state index is -0.0827. The quantitative estimate of drug-likeness (QED) is 0.708. The number of anilines is 1. The molecule has 0 aromatic carbocycles. The molecule has 1 saturated heterocycles. The van der Waals surface area contributed by atoms with Crippen molar-refractivity contribution in [3.8, 4) is 0 Å². The van der Waals surface area contributed by atoms with Crippen LogP contribution in [-0.4, -0.2) is 31.2 Å². The molecule has 0 atom stereocenters. The first-order valence-corrected chi connectivity index (χ1v) is 5.55. The van der Waals surface area contributed by atoms with Crippen molar-refractivity contribution >= 4 is 11.8 Å². The van der Waals surface area contributed by atoms with E-state index in [0.29, 0.717) is 0 Å². The molecule has 1 aliphatic heterocycles. The number of carbonyl (C=O) groups excluding carboxylic acids is 1. The monoisotopic (exact) mass is 220 g/mol. The largest absolute Gasteiger partial charge is 0.469 e. The Morgan fingerprint density at radius 3 is 2.75 bits per heavy atom. The Morgan fingerprint density at radius 1 is 1.44 bits per heavy atom. The number of piperidine rings is 1. The Morgan fingerprint density at radius 2 is 2.19 bits per heavy atom. The van der Waals surface area contributed by atoms with Gasteiger partial charge >= 0.3 is 5.97 Å². The maximum Gasteiger partial charge on any atom is 0.308 e. The van der Waals surface area contributed by atoms with Gasteiger partial charge in [-0.2, -0.15) is 0 Å². The zero-order valence-electron chi connectivity index (χ0n) is 9.43. The topological polar surface area (TPSA) is 42.4 Å². The molecule has 0 bridgehead atoms. The summed E-state index contributed by atoms with van der Waals surface area (Å²) in [6.45, 7) is 1.74. The Hall–Kier alpha value is -1.58. The second-order valence-electron chi connectivity index (χ2n) is 3.97. The first-order valence-electron chi connectivity index (χ1n) is 5.55. The van der Waals surface area contributed by atoms with Crippen LogP contribution in [0.2, 0.25) is 0 Å². The van der Waals surface area contributed by atoms with E-state index in [1.165, 1.54) is 7.11 Å². The van der Waals surface area contributed by atoms with E-state index in [2.05, 4.69) is 9.88 Å². The SMILES string of the molecule is COC(=O)C1CCN(c2ccccn2)CC1. The molecule has 16 heavy (non-hydrogen) atoms. The molecule has 0 radical (unpaired) electrons. The van der Waals surface area contributed by atoms with Gasteiger partial charge in [-0.3, -0.25) is 4.79 Å². The van der Waals surface area contributed by atoms with Crippen LogP contribution in [0.25, 0.3) is 0 Å². The third kappa shape index (κ3) is 2.32. The van der Waals surface area contributed by atoms with Crippen LogP contribution in [0, 0.1) is 5.92 Å². The lowest BCUT2D eigenvalue weighted by atomic mass is 9.97. The molecule has 0 N–H and O–H groups in total. The van der Waals surface area contributed by atoms with Crippen molar-refractivity contribution in [2.45, 2.75) is 12.8 Å². The molecule has 1 aliphatic rings. The Balaban J connectivity index is 1.93. The van der Waals surface area contributed by atoms with Crippen LogP contribution < -0.4 is 4.90 Å². The summed E-state index contributed by atoms with van der Waals surface area (Å²) in [7, 11) is 1.45. The fourth-order valence-electron chi connectivity index (χ4n) is 2.05. The number of hydrogen-bond donors (Lipinski definition) is 0. The molecular formula is C12H16N2O2. The molecule has 4 nitrogen and oxygen atoms in total. The maximum atomic E-state index is 11.4. The van der Waals surface area contributed by atoms with Crippen molar-refractivity contribution in [2.24, 2.45) is 5.92 Å². The van der Waals surface area contributed by atoms with Gasteiger partial charge in [0.15, 0.2) is 0 Å². The predicted molar refractivity (Wildman–Crippen MR) is 61.2 cm³/mol. The van der Waals surface area contributed by atoms with E-state index in [1.807, 2.05) is 18.2 Å². The lowest BCUT2D eigenvalue weighted by molar-refractivity contribution is -0.146. The number of aromatic nitrogens is 1. The molecule has 1 aromatic rings. The van der Waals surface area contributed by atoms with E-state index < -0.39 is 0 Å². The zero-order valence-corrected chi connectivity index (χ0v) is 9.43. The molecule has 2 rings (SSSR count). The standard InChI is InChI=1S/C12H16N2O2/c1-16-12(15)10-5-8-14(9-6-10)11-4-2-3-7-13-11/h2-4,7,10H,5-6,8-9H2,1H3. The summed E-state index contributed by atoms with van der Waals surface area (Å²) in [5.41, 5.74) is 0. The van der Waals surface area contributed by atoms with Crippen molar-refractivity contribution in [2.75, 3.05) is 25.1 Å². The lowest BCUT2D eigenvalue weighted by Crippen LogP contribution is -2.37.